The van der Waals surface area contributed by atoms with Gasteiger partial charge in [0.1, 0.15) is 0 Å². The normalized spacial score (nSPS) is 10.3. The minimum atomic E-state index is -0.349. The van der Waals surface area contributed by atoms with E-state index in [0.717, 1.165) is 30.0 Å². The van der Waals surface area contributed by atoms with Gasteiger partial charge < -0.3 is 15.0 Å². The average molecular weight is 368 g/mol. The van der Waals surface area contributed by atoms with Crippen molar-refractivity contribution < 1.29 is 14.3 Å². The Labute approximate surface area is 161 Å². The molecule has 0 aliphatic heterocycles. The Hall–Kier alpha value is -2.82. The van der Waals surface area contributed by atoms with Crippen LogP contribution in [0.15, 0.2) is 54.6 Å². The maximum Gasteiger partial charge on any atom is 0.306 e. The van der Waals surface area contributed by atoms with E-state index in [1.165, 1.54) is 0 Å². The molecule has 5 heteroatoms. The number of amides is 1. The van der Waals surface area contributed by atoms with Crippen molar-refractivity contribution in [2.24, 2.45) is 0 Å². The Balaban J connectivity index is 1.68. The highest BCUT2D eigenvalue weighted by molar-refractivity contribution is 5.92. The average Bonchev–Trinajstić information content (AvgIpc) is 2.69. The summed E-state index contributed by atoms with van der Waals surface area (Å²) in [6.07, 6.45) is 0.873. The SMILES string of the molecule is CCN(CC)c1ccc(NC(=O)CCC(=O)OCCc2ccccc2)cc1. The van der Waals surface area contributed by atoms with Crippen molar-refractivity contribution in [1.29, 1.82) is 0 Å². The number of rotatable bonds is 10. The highest BCUT2D eigenvalue weighted by Gasteiger charge is 2.09. The molecule has 2 aromatic carbocycles. The van der Waals surface area contributed by atoms with Gasteiger partial charge in [0.2, 0.25) is 5.91 Å². The van der Waals surface area contributed by atoms with E-state index in [1.807, 2.05) is 54.6 Å². The second-order valence-electron chi connectivity index (χ2n) is 6.22. The molecule has 0 heterocycles. The molecule has 0 radical (unpaired) electrons. The summed E-state index contributed by atoms with van der Waals surface area (Å²) in [5, 5.41) is 2.82. The fourth-order valence-corrected chi connectivity index (χ4v) is 2.78. The predicted molar refractivity (Wildman–Crippen MR) is 109 cm³/mol. The monoisotopic (exact) mass is 368 g/mol. The van der Waals surface area contributed by atoms with Gasteiger partial charge in [-0.2, -0.15) is 0 Å². The van der Waals surface area contributed by atoms with Crippen LogP contribution in [-0.4, -0.2) is 31.6 Å². The maximum absolute atomic E-state index is 12.0. The van der Waals surface area contributed by atoms with E-state index >= 15 is 0 Å². The zero-order chi connectivity index (χ0) is 19.5. The van der Waals surface area contributed by atoms with E-state index in [2.05, 4.69) is 24.1 Å². The van der Waals surface area contributed by atoms with Crippen molar-refractivity contribution in [1.82, 2.24) is 0 Å². The first-order valence-corrected chi connectivity index (χ1v) is 9.46. The third kappa shape index (κ3) is 7.13. The van der Waals surface area contributed by atoms with Gasteiger partial charge in [0.25, 0.3) is 0 Å². The van der Waals surface area contributed by atoms with Crippen molar-refractivity contribution in [3.63, 3.8) is 0 Å². The van der Waals surface area contributed by atoms with Crippen LogP contribution in [0.3, 0.4) is 0 Å². The molecule has 0 spiro atoms. The van der Waals surface area contributed by atoms with Crippen LogP contribution >= 0.6 is 0 Å². The van der Waals surface area contributed by atoms with Crippen LogP contribution in [0, 0.1) is 0 Å². The summed E-state index contributed by atoms with van der Waals surface area (Å²) in [7, 11) is 0. The molecule has 0 aliphatic carbocycles. The van der Waals surface area contributed by atoms with E-state index in [0.29, 0.717) is 13.0 Å². The zero-order valence-electron chi connectivity index (χ0n) is 16.1. The lowest BCUT2D eigenvalue weighted by Gasteiger charge is -2.21. The van der Waals surface area contributed by atoms with Gasteiger partial charge in [-0.3, -0.25) is 9.59 Å². The van der Waals surface area contributed by atoms with E-state index in [1.54, 1.807) is 0 Å². The van der Waals surface area contributed by atoms with Crippen molar-refractivity contribution in [3.05, 3.63) is 60.2 Å². The van der Waals surface area contributed by atoms with Crippen molar-refractivity contribution in [3.8, 4) is 0 Å². The van der Waals surface area contributed by atoms with Crippen molar-refractivity contribution in [2.75, 3.05) is 29.9 Å². The standard InChI is InChI=1S/C22H28N2O3/c1-3-24(4-2)20-12-10-19(11-13-20)23-21(25)14-15-22(26)27-17-16-18-8-6-5-7-9-18/h5-13H,3-4,14-17H2,1-2H3,(H,23,25). The second-order valence-corrected chi connectivity index (χ2v) is 6.22. The lowest BCUT2D eigenvalue weighted by molar-refractivity contribution is -0.144. The Kier molecular flexibility index (Phi) is 8.36. The van der Waals surface area contributed by atoms with Crippen LogP contribution in [0.4, 0.5) is 11.4 Å². The molecule has 0 bridgehead atoms. The molecule has 2 rings (SSSR count). The number of ether oxygens (including phenoxy) is 1. The fourth-order valence-electron chi connectivity index (χ4n) is 2.78. The molecule has 1 amide bonds. The van der Waals surface area contributed by atoms with Gasteiger partial charge in [0.05, 0.1) is 13.0 Å². The smallest absolute Gasteiger partial charge is 0.306 e. The summed E-state index contributed by atoms with van der Waals surface area (Å²) >= 11 is 0. The number of nitrogens with zero attached hydrogens (tertiary/aromatic N) is 1. The first-order chi connectivity index (χ1) is 13.1. The lowest BCUT2D eigenvalue weighted by Crippen LogP contribution is -2.21. The van der Waals surface area contributed by atoms with Gasteiger partial charge in [0.15, 0.2) is 0 Å². The maximum atomic E-state index is 12.0. The molecule has 2 aromatic rings. The molecule has 0 aromatic heterocycles. The fraction of sp³-hybridized carbons (Fsp3) is 0.364. The Bertz CT molecular complexity index is 710. The molecule has 0 saturated heterocycles. The van der Waals surface area contributed by atoms with E-state index in [9.17, 15) is 9.59 Å². The molecule has 0 saturated carbocycles. The molecule has 0 fully saturated rings. The predicted octanol–water partition coefficient (Wildman–Crippen LogP) is 4.04. The Morgan fingerprint density at radius 2 is 1.59 bits per heavy atom. The molecule has 0 atom stereocenters. The highest BCUT2D eigenvalue weighted by atomic mass is 16.5. The van der Waals surface area contributed by atoms with E-state index < -0.39 is 0 Å². The molecule has 5 nitrogen and oxygen atoms in total. The minimum Gasteiger partial charge on any atom is -0.465 e. The Morgan fingerprint density at radius 1 is 0.926 bits per heavy atom. The van der Waals surface area contributed by atoms with Gasteiger partial charge in [-0.1, -0.05) is 30.3 Å². The topological polar surface area (TPSA) is 58.6 Å². The minimum absolute atomic E-state index is 0.0815. The summed E-state index contributed by atoms with van der Waals surface area (Å²) in [6, 6.07) is 17.6. The van der Waals surface area contributed by atoms with Crippen LogP contribution in [-0.2, 0) is 20.7 Å². The van der Waals surface area contributed by atoms with Crippen LogP contribution in [0.25, 0.3) is 0 Å². The van der Waals surface area contributed by atoms with Gasteiger partial charge in [-0.15, -0.1) is 0 Å². The molecule has 0 aliphatic rings. The number of carbonyl (C=O) groups excluding carboxylic acids is 2. The summed E-state index contributed by atoms with van der Waals surface area (Å²) in [5.41, 5.74) is 2.98. The molecule has 144 valence electrons. The number of nitrogens with one attached hydrogen (secondary N) is 1. The first-order valence-electron chi connectivity index (χ1n) is 9.46. The third-order valence-electron chi connectivity index (χ3n) is 4.33. The summed E-state index contributed by atoms with van der Waals surface area (Å²) < 4.78 is 5.19. The van der Waals surface area contributed by atoms with Crippen LogP contribution in [0.2, 0.25) is 0 Å². The number of carbonyl (C=O) groups is 2. The summed E-state index contributed by atoms with van der Waals surface area (Å²) in [4.78, 5) is 26.0. The van der Waals surface area contributed by atoms with Gasteiger partial charge >= 0.3 is 5.97 Å². The van der Waals surface area contributed by atoms with E-state index in [4.69, 9.17) is 4.74 Å². The van der Waals surface area contributed by atoms with Gasteiger partial charge in [0, 0.05) is 37.3 Å². The lowest BCUT2D eigenvalue weighted by atomic mass is 10.2. The molecule has 27 heavy (non-hydrogen) atoms. The zero-order valence-corrected chi connectivity index (χ0v) is 16.1. The van der Waals surface area contributed by atoms with Crippen molar-refractivity contribution in [2.45, 2.75) is 33.1 Å². The van der Waals surface area contributed by atoms with Crippen LogP contribution in [0.5, 0.6) is 0 Å². The van der Waals surface area contributed by atoms with Crippen molar-refractivity contribution >= 4 is 23.3 Å². The van der Waals surface area contributed by atoms with Crippen LogP contribution in [0.1, 0.15) is 32.3 Å². The number of hydrogen-bond acceptors (Lipinski definition) is 4. The number of hydrogen-bond donors (Lipinski definition) is 1. The number of esters is 1. The third-order valence-corrected chi connectivity index (χ3v) is 4.33. The van der Waals surface area contributed by atoms with Gasteiger partial charge in [-0.25, -0.2) is 0 Å². The first kappa shape index (κ1) is 20.5. The van der Waals surface area contributed by atoms with Crippen LogP contribution < -0.4 is 10.2 Å². The molecular formula is C22H28N2O3. The number of anilines is 2. The van der Waals surface area contributed by atoms with Gasteiger partial charge in [-0.05, 0) is 43.7 Å². The largest absolute Gasteiger partial charge is 0.465 e. The highest BCUT2D eigenvalue weighted by Crippen LogP contribution is 2.18. The van der Waals surface area contributed by atoms with E-state index in [-0.39, 0.29) is 24.7 Å². The second kappa shape index (κ2) is 11.0. The molecule has 1 N–H and O–H groups in total. The molecular weight excluding hydrogens is 340 g/mol. The quantitative estimate of drug-likeness (QED) is 0.643. The molecule has 0 unspecified atom stereocenters. The Morgan fingerprint density at radius 3 is 2.22 bits per heavy atom. The summed E-state index contributed by atoms with van der Waals surface area (Å²) in [6.45, 7) is 6.43. The number of benzene rings is 2. The summed E-state index contributed by atoms with van der Waals surface area (Å²) in [5.74, 6) is -0.538.